The lowest BCUT2D eigenvalue weighted by molar-refractivity contribution is 0.0682. The van der Waals surface area contributed by atoms with E-state index in [1.807, 2.05) is 24.3 Å². The number of allylic oxidation sites excluding steroid dienone is 1. The number of amidine groups is 1. The van der Waals surface area contributed by atoms with Crippen molar-refractivity contribution in [2.45, 2.75) is 19.8 Å². The van der Waals surface area contributed by atoms with Gasteiger partial charge >= 0.3 is 0 Å². The smallest absolute Gasteiger partial charge is 0.155 e. The lowest BCUT2D eigenvalue weighted by Crippen LogP contribution is -2.42. The number of phenolic OH excluding ortho intramolecular Hbond substituents is 1. The van der Waals surface area contributed by atoms with Crippen LogP contribution in [0.5, 0.6) is 5.75 Å². The van der Waals surface area contributed by atoms with Gasteiger partial charge in [0.25, 0.3) is 0 Å². The van der Waals surface area contributed by atoms with E-state index in [0.717, 1.165) is 59.9 Å². The molecule has 0 saturated carbocycles. The van der Waals surface area contributed by atoms with E-state index in [4.69, 9.17) is 21.3 Å². The van der Waals surface area contributed by atoms with Crippen LogP contribution in [-0.4, -0.2) is 47.1 Å². The van der Waals surface area contributed by atoms with Gasteiger partial charge in [-0.15, -0.1) is 0 Å². The zero-order chi connectivity index (χ0) is 18.8. The van der Waals surface area contributed by atoms with Crippen LogP contribution in [0.3, 0.4) is 0 Å². The van der Waals surface area contributed by atoms with Crippen LogP contribution in [0.2, 0.25) is 5.02 Å². The molecule has 0 atom stereocenters. The minimum atomic E-state index is 0.238. The average Bonchev–Trinajstić information content (AvgIpc) is 2.68. The Balaban J connectivity index is 1.90. The highest BCUT2D eigenvalue weighted by atomic mass is 35.5. The van der Waals surface area contributed by atoms with Crippen LogP contribution in [0.4, 0.5) is 0 Å². The third kappa shape index (κ3) is 3.70. The predicted octanol–water partition coefficient (Wildman–Crippen LogP) is 3.90. The summed E-state index contributed by atoms with van der Waals surface area (Å²) in [7, 11) is 0. The largest absolute Gasteiger partial charge is 0.507 e. The molecule has 0 aliphatic carbocycles. The quantitative estimate of drug-likeness (QED) is 0.811. The molecule has 1 N–H and O–H groups in total. The number of nitrogens with zero attached hydrogens (tertiary/aromatic N) is 3. The zero-order valence-electron chi connectivity index (χ0n) is 15.3. The number of aliphatic imine (C=N–C) groups is 1. The van der Waals surface area contributed by atoms with E-state index in [1.54, 1.807) is 12.3 Å². The summed E-state index contributed by atoms with van der Waals surface area (Å²) in [5, 5.41) is 11.0. The Bertz CT molecular complexity index is 917. The molecule has 2 aromatic rings. The summed E-state index contributed by atoms with van der Waals surface area (Å²) in [6, 6.07) is 9.34. The highest BCUT2D eigenvalue weighted by molar-refractivity contribution is 6.30. The Hall–Kier alpha value is -2.37. The fraction of sp³-hybridized carbons (Fsp3) is 0.333. The number of hydrogen-bond acceptors (Lipinski definition) is 5. The van der Waals surface area contributed by atoms with Crippen LogP contribution in [-0.2, 0) is 11.2 Å². The molecule has 1 saturated heterocycles. The van der Waals surface area contributed by atoms with Crippen molar-refractivity contribution in [2.75, 3.05) is 26.3 Å². The van der Waals surface area contributed by atoms with E-state index < -0.39 is 0 Å². The lowest BCUT2D eigenvalue weighted by atomic mass is 9.97. The fourth-order valence-electron chi connectivity index (χ4n) is 3.53. The highest BCUT2D eigenvalue weighted by Gasteiger charge is 2.24. The second-order valence-electron chi connectivity index (χ2n) is 6.84. The molecule has 4 rings (SSSR count). The molecule has 1 fully saturated rings. The van der Waals surface area contributed by atoms with Crippen LogP contribution in [0, 0.1) is 0 Å². The molecule has 6 heteroatoms. The van der Waals surface area contributed by atoms with Crippen molar-refractivity contribution in [1.29, 1.82) is 0 Å². The Kier molecular flexibility index (Phi) is 5.14. The van der Waals surface area contributed by atoms with Crippen LogP contribution in [0.25, 0.3) is 5.70 Å². The Labute approximate surface area is 164 Å². The summed E-state index contributed by atoms with van der Waals surface area (Å²) >= 11 is 6.20. The first-order chi connectivity index (χ1) is 13.1. The van der Waals surface area contributed by atoms with Gasteiger partial charge in [0, 0.05) is 24.8 Å². The number of phenols is 1. The summed E-state index contributed by atoms with van der Waals surface area (Å²) in [5.41, 5.74) is 4.66. The lowest BCUT2D eigenvalue weighted by Gasteiger charge is -2.31. The van der Waals surface area contributed by atoms with Gasteiger partial charge in [-0.3, -0.25) is 4.98 Å². The summed E-state index contributed by atoms with van der Waals surface area (Å²) in [6.07, 6.45) is 3.34. The molecule has 2 aliphatic heterocycles. The van der Waals surface area contributed by atoms with E-state index >= 15 is 0 Å². The molecule has 0 amide bonds. The highest BCUT2D eigenvalue weighted by Crippen LogP contribution is 2.33. The van der Waals surface area contributed by atoms with Gasteiger partial charge in [-0.25, -0.2) is 4.99 Å². The zero-order valence-corrected chi connectivity index (χ0v) is 16.0. The Morgan fingerprint density at radius 1 is 1.15 bits per heavy atom. The first-order valence-corrected chi connectivity index (χ1v) is 9.55. The van der Waals surface area contributed by atoms with Crippen LogP contribution in [0.15, 0.2) is 47.1 Å². The first kappa shape index (κ1) is 18.0. The number of halogens is 1. The third-order valence-electron chi connectivity index (χ3n) is 5.01. The summed E-state index contributed by atoms with van der Waals surface area (Å²) < 4.78 is 5.52. The van der Waals surface area contributed by atoms with E-state index in [0.29, 0.717) is 18.2 Å². The van der Waals surface area contributed by atoms with Gasteiger partial charge in [0.15, 0.2) is 5.84 Å². The maximum absolute atomic E-state index is 10.4. The molecular formula is C21H22ClN3O2. The number of rotatable bonds is 1. The molecule has 1 aromatic carbocycles. The number of para-hydroxylation sites is 1. The summed E-state index contributed by atoms with van der Waals surface area (Å²) in [6.45, 7) is 4.92. The van der Waals surface area contributed by atoms with Gasteiger partial charge in [0.05, 0.1) is 23.9 Å². The average molecular weight is 384 g/mol. The third-order valence-corrected chi connectivity index (χ3v) is 5.21. The first-order valence-electron chi connectivity index (χ1n) is 9.18. The van der Waals surface area contributed by atoms with Gasteiger partial charge in [-0.05, 0) is 49.1 Å². The molecule has 5 nitrogen and oxygen atoms in total. The normalized spacial score (nSPS) is 17.9. The van der Waals surface area contributed by atoms with Crippen molar-refractivity contribution < 1.29 is 9.84 Å². The number of ether oxygens (including phenoxy) is 1. The topological polar surface area (TPSA) is 58.0 Å². The van der Waals surface area contributed by atoms with Gasteiger partial charge in [-0.2, -0.15) is 0 Å². The molecule has 0 unspecified atom stereocenters. The molecule has 3 heterocycles. The fourth-order valence-corrected chi connectivity index (χ4v) is 3.71. The number of aromatic hydroxyl groups is 1. The van der Waals surface area contributed by atoms with Crippen LogP contribution in [0.1, 0.15) is 30.2 Å². The predicted molar refractivity (Wildman–Crippen MR) is 107 cm³/mol. The maximum Gasteiger partial charge on any atom is 0.155 e. The van der Waals surface area contributed by atoms with E-state index in [1.165, 1.54) is 0 Å². The number of pyridine rings is 1. The molecule has 2 aliphatic rings. The molecule has 0 spiro atoms. The SMILES string of the molecule is CC1=C(c2ccccc2O)N=C(N2CCOCC2)c2ncc(Cl)cc2CC1. The molecule has 0 bridgehead atoms. The summed E-state index contributed by atoms with van der Waals surface area (Å²) in [4.78, 5) is 11.9. The standard InChI is InChI=1S/C21H22ClN3O2/c1-14-6-7-15-12-16(22)13-23-20(15)21(25-8-10-27-11-9-25)24-19(14)17-4-2-3-5-18(17)26/h2-5,12-13,26H,6-11H2,1H3. The number of aryl methyl sites for hydroxylation is 1. The van der Waals surface area contributed by atoms with Crippen molar-refractivity contribution >= 4 is 23.1 Å². The second kappa shape index (κ2) is 7.71. The van der Waals surface area contributed by atoms with E-state index in [9.17, 15) is 5.11 Å². The molecule has 140 valence electrons. The number of morpholine rings is 1. The number of hydrogen-bond donors (Lipinski definition) is 1. The van der Waals surface area contributed by atoms with Gasteiger partial charge in [-0.1, -0.05) is 23.7 Å². The van der Waals surface area contributed by atoms with E-state index in [2.05, 4.69) is 16.8 Å². The minimum absolute atomic E-state index is 0.238. The number of aromatic nitrogens is 1. The Morgan fingerprint density at radius 2 is 1.93 bits per heavy atom. The molecule has 1 aromatic heterocycles. The van der Waals surface area contributed by atoms with Crippen molar-refractivity contribution in [3.05, 3.63) is 63.9 Å². The van der Waals surface area contributed by atoms with Crippen LogP contribution < -0.4 is 0 Å². The Morgan fingerprint density at radius 3 is 2.70 bits per heavy atom. The molecule has 27 heavy (non-hydrogen) atoms. The molecular weight excluding hydrogens is 362 g/mol. The van der Waals surface area contributed by atoms with Gasteiger partial charge in [0.1, 0.15) is 11.4 Å². The van der Waals surface area contributed by atoms with E-state index in [-0.39, 0.29) is 5.75 Å². The van der Waals surface area contributed by atoms with Crippen molar-refractivity contribution in [2.24, 2.45) is 4.99 Å². The monoisotopic (exact) mass is 383 g/mol. The van der Waals surface area contributed by atoms with Gasteiger partial charge < -0.3 is 14.7 Å². The summed E-state index contributed by atoms with van der Waals surface area (Å²) in [5.74, 6) is 1.06. The number of fused-ring (bicyclic) bond motifs is 1. The minimum Gasteiger partial charge on any atom is -0.507 e. The second-order valence-corrected chi connectivity index (χ2v) is 7.28. The maximum atomic E-state index is 10.4. The van der Waals surface area contributed by atoms with Crippen molar-refractivity contribution in [3.63, 3.8) is 0 Å². The van der Waals surface area contributed by atoms with Gasteiger partial charge in [0.2, 0.25) is 0 Å². The van der Waals surface area contributed by atoms with Crippen molar-refractivity contribution in [1.82, 2.24) is 9.88 Å². The number of benzene rings is 1. The van der Waals surface area contributed by atoms with Crippen LogP contribution >= 0.6 is 11.6 Å². The molecule has 0 radical (unpaired) electrons. The van der Waals surface area contributed by atoms with Crippen molar-refractivity contribution in [3.8, 4) is 5.75 Å².